The van der Waals surface area contributed by atoms with Crippen molar-refractivity contribution in [2.75, 3.05) is 11.1 Å². The third-order valence-electron chi connectivity index (χ3n) is 3.16. The first-order valence-electron chi connectivity index (χ1n) is 6.14. The molecule has 0 saturated heterocycles. The van der Waals surface area contributed by atoms with Gasteiger partial charge in [-0.3, -0.25) is 0 Å². The molecular formula is C14H16ClN3O2S. The van der Waals surface area contributed by atoms with Gasteiger partial charge in [-0.1, -0.05) is 17.7 Å². The molecule has 0 atom stereocenters. The average Bonchev–Trinajstić information content (AvgIpc) is 2.36. The summed E-state index contributed by atoms with van der Waals surface area (Å²) >= 11 is 5.98. The predicted octanol–water partition coefficient (Wildman–Crippen LogP) is 2.93. The molecule has 0 unspecified atom stereocenters. The quantitative estimate of drug-likeness (QED) is 0.755. The summed E-state index contributed by atoms with van der Waals surface area (Å²) in [5.41, 5.74) is 8.90. The summed E-state index contributed by atoms with van der Waals surface area (Å²) in [5.74, 6) is 0. The molecule has 2 aromatic rings. The molecule has 0 aromatic heterocycles. The van der Waals surface area contributed by atoms with Gasteiger partial charge in [-0.05, 0) is 49.2 Å². The van der Waals surface area contributed by atoms with Gasteiger partial charge in [0, 0.05) is 22.1 Å². The van der Waals surface area contributed by atoms with Crippen LogP contribution in [0, 0.1) is 13.8 Å². The van der Waals surface area contributed by atoms with E-state index in [0.717, 1.165) is 11.3 Å². The number of primary sulfonamides is 1. The van der Waals surface area contributed by atoms with Gasteiger partial charge in [0.2, 0.25) is 10.0 Å². The molecule has 2 aromatic carbocycles. The van der Waals surface area contributed by atoms with Crippen LogP contribution in [0.1, 0.15) is 11.1 Å². The fourth-order valence-electron chi connectivity index (χ4n) is 2.01. The Hall–Kier alpha value is -1.76. The van der Waals surface area contributed by atoms with Gasteiger partial charge in [0.05, 0.1) is 4.90 Å². The lowest BCUT2D eigenvalue weighted by Gasteiger charge is -2.15. The van der Waals surface area contributed by atoms with Gasteiger partial charge < -0.3 is 11.1 Å². The molecule has 2 rings (SSSR count). The smallest absolute Gasteiger partial charge is 0.238 e. The summed E-state index contributed by atoms with van der Waals surface area (Å²) < 4.78 is 23.2. The number of hydrogen-bond donors (Lipinski definition) is 3. The first kappa shape index (κ1) is 15.6. The number of rotatable bonds is 3. The van der Waals surface area contributed by atoms with Crippen molar-refractivity contribution in [1.82, 2.24) is 0 Å². The topological polar surface area (TPSA) is 98.2 Å². The van der Waals surface area contributed by atoms with Crippen LogP contribution in [-0.2, 0) is 10.0 Å². The zero-order valence-corrected chi connectivity index (χ0v) is 13.2. The van der Waals surface area contributed by atoms with E-state index >= 15 is 0 Å². The summed E-state index contributed by atoms with van der Waals surface area (Å²) in [5, 5.41) is 8.94. The van der Waals surface area contributed by atoms with Crippen LogP contribution in [0.4, 0.5) is 17.1 Å². The van der Waals surface area contributed by atoms with Crippen molar-refractivity contribution in [2.24, 2.45) is 5.14 Å². The highest BCUT2D eigenvalue weighted by Gasteiger charge is 2.16. The summed E-state index contributed by atoms with van der Waals surface area (Å²) in [4.78, 5) is 0.00433. The van der Waals surface area contributed by atoms with E-state index in [0.29, 0.717) is 22.0 Å². The number of halogens is 1. The number of anilines is 3. The lowest BCUT2D eigenvalue weighted by Crippen LogP contribution is -2.15. The van der Waals surface area contributed by atoms with Crippen LogP contribution in [-0.4, -0.2) is 8.42 Å². The van der Waals surface area contributed by atoms with Crippen molar-refractivity contribution in [2.45, 2.75) is 18.7 Å². The van der Waals surface area contributed by atoms with Crippen LogP contribution in [0.25, 0.3) is 0 Å². The highest BCUT2D eigenvalue weighted by atomic mass is 35.5. The molecule has 5 N–H and O–H groups in total. The molecule has 0 amide bonds. The van der Waals surface area contributed by atoms with Gasteiger partial charge in [0.15, 0.2) is 0 Å². The molecule has 7 heteroatoms. The van der Waals surface area contributed by atoms with Crippen molar-refractivity contribution in [1.29, 1.82) is 0 Å². The minimum Gasteiger partial charge on any atom is -0.399 e. The Morgan fingerprint density at radius 3 is 2.38 bits per heavy atom. The Bertz CT molecular complexity index is 804. The predicted molar refractivity (Wildman–Crippen MR) is 86.4 cm³/mol. The molecule has 0 saturated carbocycles. The SMILES string of the molecule is Cc1ccc(Cl)cc1Nc1cc(N)cc(S(N)(=O)=O)c1C. The highest BCUT2D eigenvalue weighted by Crippen LogP contribution is 2.30. The van der Waals surface area contributed by atoms with E-state index in [1.807, 2.05) is 13.0 Å². The molecule has 0 aliphatic heterocycles. The second kappa shape index (κ2) is 5.55. The van der Waals surface area contributed by atoms with E-state index in [2.05, 4.69) is 5.32 Å². The molecule has 0 radical (unpaired) electrons. The third-order valence-corrected chi connectivity index (χ3v) is 4.43. The zero-order valence-electron chi connectivity index (χ0n) is 11.6. The second-order valence-electron chi connectivity index (χ2n) is 4.82. The molecule has 5 nitrogen and oxygen atoms in total. The second-order valence-corrected chi connectivity index (χ2v) is 6.79. The molecule has 0 spiro atoms. The van der Waals surface area contributed by atoms with Crippen LogP contribution in [0.5, 0.6) is 0 Å². The van der Waals surface area contributed by atoms with Gasteiger partial charge in [-0.15, -0.1) is 0 Å². The highest BCUT2D eigenvalue weighted by molar-refractivity contribution is 7.89. The van der Waals surface area contributed by atoms with Gasteiger partial charge >= 0.3 is 0 Å². The maximum Gasteiger partial charge on any atom is 0.238 e. The van der Waals surface area contributed by atoms with E-state index in [-0.39, 0.29) is 4.90 Å². The normalized spacial score (nSPS) is 11.4. The first-order chi connectivity index (χ1) is 9.68. The van der Waals surface area contributed by atoms with Crippen LogP contribution in [0.15, 0.2) is 35.2 Å². The van der Waals surface area contributed by atoms with Crippen LogP contribution in [0.3, 0.4) is 0 Å². The zero-order chi connectivity index (χ0) is 15.8. The lowest BCUT2D eigenvalue weighted by molar-refractivity contribution is 0.597. The van der Waals surface area contributed by atoms with Crippen LogP contribution in [0.2, 0.25) is 5.02 Å². The number of nitrogens with two attached hydrogens (primary N) is 2. The van der Waals surface area contributed by atoms with E-state index in [9.17, 15) is 8.42 Å². The average molecular weight is 326 g/mol. The fraction of sp³-hybridized carbons (Fsp3) is 0.143. The Labute approximate surface area is 129 Å². The van der Waals surface area contributed by atoms with Crippen LogP contribution >= 0.6 is 11.6 Å². The van der Waals surface area contributed by atoms with Crippen molar-refractivity contribution in [3.05, 3.63) is 46.5 Å². The summed E-state index contributed by atoms with van der Waals surface area (Å²) in [6, 6.07) is 8.41. The van der Waals surface area contributed by atoms with Gasteiger partial charge in [0.25, 0.3) is 0 Å². The maximum atomic E-state index is 11.6. The molecule has 0 bridgehead atoms. The number of aryl methyl sites for hydroxylation is 1. The Morgan fingerprint density at radius 2 is 1.76 bits per heavy atom. The van der Waals surface area contributed by atoms with E-state index in [4.69, 9.17) is 22.5 Å². The third kappa shape index (κ3) is 3.47. The van der Waals surface area contributed by atoms with E-state index in [1.165, 1.54) is 6.07 Å². The summed E-state index contributed by atoms with van der Waals surface area (Å²) in [6.07, 6.45) is 0. The molecule has 0 aliphatic rings. The minimum absolute atomic E-state index is 0.00433. The minimum atomic E-state index is -3.84. The molecule has 21 heavy (non-hydrogen) atoms. The Kier molecular flexibility index (Phi) is 4.13. The molecular weight excluding hydrogens is 310 g/mol. The maximum absolute atomic E-state index is 11.6. The number of sulfonamides is 1. The Balaban J connectivity index is 2.55. The van der Waals surface area contributed by atoms with Crippen molar-refractivity contribution in [3.63, 3.8) is 0 Å². The van der Waals surface area contributed by atoms with Gasteiger partial charge in [0.1, 0.15) is 0 Å². The van der Waals surface area contributed by atoms with Crippen LogP contribution < -0.4 is 16.2 Å². The Morgan fingerprint density at radius 1 is 1.10 bits per heavy atom. The van der Waals surface area contributed by atoms with Gasteiger partial charge in [-0.25, -0.2) is 13.6 Å². The van der Waals surface area contributed by atoms with Crippen molar-refractivity contribution < 1.29 is 8.42 Å². The summed E-state index contributed by atoms with van der Waals surface area (Å²) in [6.45, 7) is 3.59. The molecule has 112 valence electrons. The van der Waals surface area contributed by atoms with Crippen molar-refractivity contribution >= 4 is 38.7 Å². The first-order valence-corrected chi connectivity index (χ1v) is 8.07. The number of nitrogen functional groups attached to an aromatic ring is 1. The van der Waals surface area contributed by atoms with E-state index in [1.54, 1.807) is 25.1 Å². The number of nitrogens with one attached hydrogen (secondary N) is 1. The fourth-order valence-corrected chi connectivity index (χ4v) is 3.02. The standard InChI is InChI=1S/C14H16ClN3O2S/c1-8-3-4-10(15)5-12(8)18-13-6-11(16)7-14(9(13)2)21(17,19)20/h3-7,18H,16H2,1-2H3,(H2,17,19,20). The number of benzene rings is 2. The number of hydrogen-bond acceptors (Lipinski definition) is 4. The summed E-state index contributed by atoms with van der Waals surface area (Å²) in [7, 11) is -3.84. The molecule has 0 fully saturated rings. The molecule has 0 heterocycles. The largest absolute Gasteiger partial charge is 0.399 e. The van der Waals surface area contributed by atoms with E-state index < -0.39 is 10.0 Å². The monoisotopic (exact) mass is 325 g/mol. The molecule has 0 aliphatic carbocycles. The lowest BCUT2D eigenvalue weighted by atomic mass is 10.1. The van der Waals surface area contributed by atoms with Gasteiger partial charge in [-0.2, -0.15) is 0 Å². The van der Waals surface area contributed by atoms with Crippen molar-refractivity contribution in [3.8, 4) is 0 Å².